The van der Waals surface area contributed by atoms with E-state index in [1.54, 1.807) is 0 Å². The molecule has 0 spiro atoms. The van der Waals surface area contributed by atoms with Crippen LogP contribution in [0.5, 0.6) is 0 Å². The van der Waals surface area contributed by atoms with E-state index in [1.165, 1.54) is 12.1 Å². The number of nitro groups is 2. The van der Waals surface area contributed by atoms with Crippen molar-refractivity contribution in [1.29, 1.82) is 0 Å². The van der Waals surface area contributed by atoms with Crippen molar-refractivity contribution in [2.24, 2.45) is 0 Å². The summed E-state index contributed by atoms with van der Waals surface area (Å²) in [5, 5.41) is 27.0. The van der Waals surface area contributed by atoms with Gasteiger partial charge in [0.25, 0.3) is 5.69 Å². The highest BCUT2D eigenvalue weighted by Gasteiger charge is 2.17. The minimum absolute atomic E-state index is 0.0514. The van der Waals surface area contributed by atoms with Gasteiger partial charge in [-0.25, -0.2) is 0 Å². The molecule has 1 N–H and O–H groups in total. The molecule has 22 heavy (non-hydrogen) atoms. The molecule has 2 aromatic rings. The van der Waals surface area contributed by atoms with Gasteiger partial charge in [-0.1, -0.05) is 16.6 Å². The first-order valence-electron chi connectivity index (χ1n) is 5.64. The highest BCUT2D eigenvalue weighted by molar-refractivity contribution is 6.33. The van der Waals surface area contributed by atoms with E-state index < -0.39 is 21.7 Å². The number of hydrogen-bond acceptors (Lipinski definition) is 7. The van der Waals surface area contributed by atoms with Crippen molar-refractivity contribution >= 4 is 34.8 Å². The quantitative estimate of drug-likeness (QED) is 0.644. The number of nitrogens with zero attached hydrogens (tertiary/aromatic N) is 5. The van der Waals surface area contributed by atoms with E-state index in [1.807, 2.05) is 0 Å². The summed E-state index contributed by atoms with van der Waals surface area (Å²) in [7, 11) is 0. The molecule has 0 atom stereocenters. The zero-order chi connectivity index (χ0) is 16.3. The Morgan fingerprint density at radius 1 is 1.32 bits per heavy atom. The second-order valence-electron chi connectivity index (χ2n) is 3.97. The largest absolute Gasteiger partial charge is 0.490 e. The van der Waals surface area contributed by atoms with Gasteiger partial charge < -0.3 is 15.4 Å². The Bertz CT molecular complexity index is 760. The first kappa shape index (κ1) is 15.3. The molecule has 0 saturated heterocycles. The second kappa shape index (κ2) is 6.13. The van der Waals surface area contributed by atoms with Crippen molar-refractivity contribution in [2.75, 3.05) is 5.32 Å². The van der Waals surface area contributed by atoms with Gasteiger partial charge in [0.2, 0.25) is 12.2 Å². The van der Waals surface area contributed by atoms with Crippen LogP contribution in [0.15, 0.2) is 24.5 Å². The van der Waals surface area contributed by atoms with Crippen LogP contribution in [0.1, 0.15) is 0 Å². The minimum Gasteiger partial charge on any atom is -0.390 e. The Kier molecular flexibility index (Phi) is 4.27. The molecule has 0 aliphatic carbocycles. The summed E-state index contributed by atoms with van der Waals surface area (Å²) in [6, 6.07) is 3.57. The van der Waals surface area contributed by atoms with Crippen LogP contribution in [0.4, 0.5) is 17.3 Å². The molecular weight excluding hydrogens is 320 g/mol. The summed E-state index contributed by atoms with van der Waals surface area (Å²) in [4.78, 5) is 34.8. The third-order valence-corrected chi connectivity index (χ3v) is 2.76. The van der Waals surface area contributed by atoms with Gasteiger partial charge in [0, 0.05) is 17.2 Å². The van der Waals surface area contributed by atoms with Crippen LogP contribution < -0.4 is 5.32 Å². The molecule has 0 bridgehead atoms. The van der Waals surface area contributed by atoms with Gasteiger partial charge in [-0.05, 0) is 11.0 Å². The number of nitro benzene ring substituents is 1. The van der Waals surface area contributed by atoms with Crippen LogP contribution in [0.2, 0.25) is 5.02 Å². The predicted octanol–water partition coefficient (Wildman–Crippen LogP) is 1.39. The van der Waals surface area contributed by atoms with Gasteiger partial charge in [-0.2, -0.15) is 4.68 Å². The molecule has 0 aliphatic heterocycles. The van der Waals surface area contributed by atoms with Crippen LogP contribution in [-0.4, -0.2) is 30.5 Å². The minimum atomic E-state index is -0.800. The Balaban J connectivity index is 2.09. The normalized spacial score (nSPS) is 10.2. The molecule has 0 fully saturated rings. The van der Waals surface area contributed by atoms with Gasteiger partial charge in [0.05, 0.1) is 15.6 Å². The van der Waals surface area contributed by atoms with Crippen molar-refractivity contribution in [1.82, 2.24) is 14.8 Å². The number of hydrogen-bond donors (Lipinski definition) is 1. The third-order valence-electron chi connectivity index (χ3n) is 2.43. The highest BCUT2D eigenvalue weighted by Crippen LogP contribution is 2.26. The number of aromatic nitrogens is 3. The summed E-state index contributed by atoms with van der Waals surface area (Å²) in [6.45, 7) is -0.361. The lowest BCUT2D eigenvalue weighted by atomic mass is 10.3. The van der Waals surface area contributed by atoms with Crippen LogP contribution in [0.25, 0.3) is 0 Å². The Labute approximate surface area is 126 Å². The van der Waals surface area contributed by atoms with E-state index in [0.29, 0.717) is 0 Å². The van der Waals surface area contributed by atoms with Gasteiger partial charge in [0.1, 0.15) is 6.54 Å². The molecule has 1 amide bonds. The lowest BCUT2D eigenvalue weighted by Crippen LogP contribution is -2.19. The maximum atomic E-state index is 11.8. The molecule has 0 unspecified atom stereocenters. The molecule has 2 rings (SSSR count). The smallest absolute Gasteiger partial charge is 0.390 e. The maximum Gasteiger partial charge on any atom is 0.490 e. The number of halogens is 1. The molecule has 114 valence electrons. The molecule has 0 radical (unpaired) electrons. The fourth-order valence-electron chi connectivity index (χ4n) is 1.50. The number of rotatable bonds is 5. The Morgan fingerprint density at radius 2 is 2.05 bits per heavy atom. The summed E-state index contributed by atoms with van der Waals surface area (Å²) < 4.78 is 0.957. The van der Waals surface area contributed by atoms with Crippen molar-refractivity contribution < 1.29 is 14.6 Å². The number of non-ortho nitro benzene ring substituents is 1. The average molecular weight is 327 g/mol. The summed E-state index contributed by atoms with van der Waals surface area (Å²) in [5.74, 6) is -1.26. The molecule has 12 heteroatoms. The number of amides is 1. The predicted molar refractivity (Wildman–Crippen MR) is 73.4 cm³/mol. The van der Waals surface area contributed by atoms with Crippen LogP contribution >= 0.6 is 11.6 Å². The van der Waals surface area contributed by atoms with Crippen molar-refractivity contribution in [3.8, 4) is 0 Å². The Hall–Kier alpha value is -3.08. The fraction of sp³-hybridized carbons (Fsp3) is 0.100. The number of anilines is 1. The average Bonchev–Trinajstić information content (AvgIpc) is 2.89. The standard InChI is InChI=1S/C10H7ClN6O5/c11-7-2-1-6(16(19)20)3-8(7)13-9(18)4-15-5-12-10(14-15)17(21)22/h1-3,5H,4H2,(H,13,18). The van der Waals surface area contributed by atoms with E-state index in [2.05, 4.69) is 15.4 Å². The summed E-state index contributed by atoms with van der Waals surface area (Å²) in [5.41, 5.74) is -0.188. The zero-order valence-corrected chi connectivity index (χ0v) is 11.4. The second-order valence-corrected chi connectivity index (χ2v) is 4.38. The SMILES string of the molecule is O=C(Cn1cnc([N+](=O)[O-])n1)Nc1cc([N+](=O)[O-])ccc1Cl. The molecule has 0 saturated carbocycles. The van der Waals surface area contributed by atoms with Crippen molar-refractivity contribution in [2.45, 2.75) is 6.54 Å². The van der Waals surface area contributed by atoms with Gasteiger partial charge in [-0.15, -0.1) is 0 Å². The van der Waals surface area contributed by atoms with E-state index in [4.69, 9.17) is 11.6 Å². The maximum absolute atomic E-state index is 11.8. The fourth-order valence-corrected chi connectivity index (χ4v) is 1.67. The van der Waals surface area contributed by atoms with Crippen LogP contribution in [0.3, 0.4) is 0 Å². The van der Waals surface area contributed by atoms with Crippen LogP contribution in [-0.2, 0) is 11.3 Å². The number of carbonyl (C=O) groups is 1. The molecule has 1 heterocycles. The highest BCUT2D eigenvalue weighted by atomic mass is 35.5. The van der Waals surface area contributed by atoms with Crippen molar-refractivity contribution in [3.63, 3.8) is 0 Å². The first-order chi connectivity index (χ1) is 10.4. The number of nitrogens with one attached hydrogen (secondary N) is 1. The lowest BCUT2D eigenvalue weighted by Gasteiger charge is -2.06. The zero-order valence-electron chi connectivity index (χ0n) is 10.7. The van der Waals surface area contributed by atoms with E-state index in [0.717, 1.165) is 17.1 Å². The summed E-state index contributed by atoms with van der Waals surface area (Å²) in [6.07, 6.45) is 1.02. The van der Waals surface area contributed by atoms with Gasteiger partial charge in [0.15, 0.2) is 0 Å². The lowest BCUT2D eigenvalue weighted by molar-refractivity contribution is -0.394. The number of benzene rings is 1. The third kappa shape index (κ3) is 3.52. The van der Waals surface area contributed by atoms with E-state index in [-0.39, 0.29) is 22.9 Å². The monoisotopic (exact) mass is 326 g/mol. The van der Waals surface area contributed by atoms with Crippen LogP contribution in [0, 0.1) is 20.2 Å². The first-order valence-corrected chi connectivity index (χ1v) is 6.02. The molecule has 1 aromatic carbocycles. The molecule has 11 nitrogen and oxygen atoms in total. The molecular formula is C10H7ClN6O5. The Morgan fingerprint density at radius 3 is 2.64 bits per heavy atom. The topological polar surface area (TPSA) is 146 Å². The van der Waals surface area contributed by atoms with Crippen molar-refractivity contribution in [3.05, 3.63) is 49.8 Å². The van der Waals surface area contributed by atoms with E-state index in [9.17, 15) is 25.0 Å². The van der Waals surface area contributed by atoms with Gasteiger partial charge in [-0.3, -0.25) is 14.9 Å². The van der Waals surface area contributed by atoms with Gasteiger partial charge >= 0.3 is 5.95 Å². The molecule has 0 aliphatic rings. The molecule has 1 aromatic heterocycles. The van der Waals surface area contributed by atoms with E-state index >= 15 is 0 Å². The number of carbonyl (C=O) groups excluding carboxylic acids is 1. The summed E-state index contributed by atoms with van der Waals surface area (Å²) >= 11 is 5.83.